The first-order valence-electron chi connectivity index (χ1n) is 9.45. The molecule has 0 saturated heterocycles. The van der Waals surface area contributed by atoms with Gasteiger partial charge in [0.05, 0.1) is 29.8 Å². The van der Waals surface area contributed by atoms with E-state index >= 15 is 0 Å². The maximum atomic E-state index is 13.0. The number of carbonyl (C=O) groups excluding carboxylic acids is 1. The van der Waals surface area contributed by atoms with Gasteiger partial charge in [-0.1, -0.05) is 12.1 Å². The molecule has 1 amide bonds. The number of halogens is 1. The highest BCUT2D eigenvalue weighted by Gasteiger charge is 2.28. The van der Waals surface area contributed by atoms with Crippen molar-refractivity contribution >= 4 is 23.1 Å². The highest BCUT2D eigenvalue weighted by Crippen LogP contribution is 2.34. The monoisotopic (exact) mass is 394 g/mol. The molecule has 3 heterocycles. The number of likely N-dealkylation sites (N-methyl/N-ethyl adjacent to an activating group) is 1. The van der Waals surface area contributed by atoms with E-state index in [2.05, 4.69) is 20.7 Å². The molecule has 0 saturated carbocycles. The van der Waals surface area contributed by atoms with Gasteiger partial charge >= 0.3 is 0 Å². The van der Waals surface area contributed by atoms with Crippen LogP contribution >= 0.6 is 0 Å². The van der Waals surface area contributed by atoms with Gasteiger partial charge in [-0.15, -0.1) is 0 Å². The van der Waals surface area contributed by atoms with E-state index in [0.29, 0.717) is 13.1 Å². The Labute approximate surface area is 168 Å². The number of aromatic nitrogens is 3. The quantitative estimate of drug-likeness (QED) is 0.695. The van der Waals surface area contributed by atoms with E-state index < -0.39 is 0 Å². The predicted octanol–water partition coefficient (Wildman–Crippen LogP) is 3.16. The minimum atomic E-state index is -0.244. The summed E-state index contributed by atoms with van der Waals surface area (Å²) < 4.78 is 14.8. The molecule has 1 aliphatic rings. The molecule has 4 rings (SSSR count). The molecule has 1 aliphatic heterocycles. The average Bonchev–Trinajstić information content (AvgIpc) is 3.15. The van der Waals surface area contributed by atoms with Gasteiger partial charge in [-0.2, -0.15) is 5.10 Å². The molecule has 0 spiro atoms. The van der Waals surface area contributed by atoms with Crippen LogP contribution in [-0.4, -0.2) is 33.8 Å². The van der Waals surface area contributed by atoms with Crippen LogP contribution in [0.5, 0.6) is 0 Å². The van der Waals surface area contributed by atoms with Crippen molar-refractivity contribution < 1.29 is 9.18 Å². The lowest BCUT2D eigenvalue weighted by atomic mass is 10.1. The van der Waals surface area contributed by atoms with Gasteiger partial charge < -0.3 is 15.5 Å². The molecule has 150 valence electrons. The van der Waals surface area contributed by atoms with Crippen LogP contribution in [0.15, 0.2) is 42.7 Å². The normalized spacial score (nSPS) is 15.8. The molecule has 0 fully saturated rings. The Hall–Kier alpha value is -3.42. The number of hydrogen-bond acceptors (Lipinski definition) is 5. The van der Waals surface area contributed by atoms with Gasteiger partial charge in [0.15, 0.2) is 0 Å². The van der Waals surface area contributed by atoms with Gasteiger partial charge in [-0.3, -0.25) is 9.48 Å². The van der Waals surface area contributed by atoms with Gasteiger partial charge in [0.1, 0.15) is 17.7 Å². The van der Waals surface area contributed by atoms with Gasteiger partial charge in [-0.25, -0.2) is 9.37 Å². The number of amides is 1. The lowest BCUT2D eigenvalue weighted by Crippen LogP contribution is -2.44. The van der Waals surface area contributed by atoms with Crippen LogP contribution in [0.2, 0.25) is 0 Å². The van der Waals surface area contributed by atoms with Crippen LogP contribution in [0.4, 0.5) is 21.6 Å². The summed E-state index contributed by atoms with van der Waals surface area (Å²) in [5.41, 5.74) is 4.47. The molecule has 2 aromatic heterocycles. The van der Waals surface area contributed by atoms with E-state index in [1.54, 1.807) is 18.3 Å². The molecule has 2 N–H and O–H groups in total. The summed E-state index contributed by atoms with van der Waals surface area (Å²) in [5.74, 6) is 0.466. The number of carbonyl (C=O) groups is 1. The van der Waals surface area contributed by atoms with Crippen molar-refractivity contribution in [3.05, 3.63) is 65.4 Å². The van der Waals surface area contributed by atoms with E-state index in [0.717, 1.165) is 34.0 Å². The lowest BCUT2D eigenvalue weighted by molar-refractivity contribution is -0.117. The second kappa shape index (κ2) is 7.54. The molecule has 0 bridgehead atoms. The van der Waals surface area contributed by atoms with Crippen molar-refractivity contribution in [3.8, 4) is 0 Å². The SMILES string of the molecule is Cc1nc(NCc2cnn(Cc3ccc(F)cc3)c2)cc2c1NC(=O)[C@H](C)N2C. The van der Waals surface area contributed by atoms with Crippen molar-refractivity contribution in [1.29, 1.82) is 0 Å². The Balaban J connectivity index is 1.45. The van der Waals surface area contributed by atoms with Gasteiger partial charge in [0, 0.05) is 31.4 Å². The molecule has 8 heteroatoms. The standard InChI is InChI=1S/C21H23FN6O/c1-13-20-18(27(3)14(2)21(29)26-20)8-19(25-13)23-9-16-10-24-28(12-16)11-15-4-6-17(22)7-5-15/h4-8,10,12,14H,9,11H2,1-3H3,(H,23,25)(H,26,29)/t14-/m0/s1. The summed E-state index contributed by atoms with van der Waals surface area (Å²) in [6.07, 6.45) is 3.76. The molecule has 1 atom stereocenters. The lowest BCUT2D eigenvalue weighted by Gasteiger charge is -2.34. The summed E-state index contributed by atoms with van der Waals surface area (Å²) in [6, 6.07) is 8.12. The number of pyridine rings is 1. The molecule has 1 aromatic carbocycles. The van der Waals surface area contributed by atoms with E-state index in [9.17, 15) is 9.18 Å². The number of hydrogen-bond donors (Lipinski definition) is 2. The molecular formula is C21H23FN6O. The highest BCUT2D eigenvalue weighted by molar-refractivity contribution is 6.04. The first-order chi connectivity index (χ1) is 13.9. The minimum Gasteiger partial charge on any atom is -0.366 e. The van der Waals surface area contributed by atoms with Crippen LogP contribution in [0.25, 0.3) is 0 Å². The topological polar surface area (TPSA) is 75.1 Å². The van der Waals surface area contributed by atoms with Gasteiger partial charge in [0.25, 0.3) is 0 Å². The zero-order chi connectivity index (χ0) is 20.5. The number of rotatable bonds is 5. The Kier molecular flexibility index (Phi) is 4.92. The smallest absolute Gasteiger partial charge is 0.246 e. The first kappa shape index (κ1) is 18.9. The number of benzene rings is 1. The Morgan fingerprint density at radius 2 is 2.00 bits per heavy atom. The summed E-state index contributed by atoms with van der Waals surface area (Å²) in [5, 5.41) is 10.6. The van der Waals surface area contributed by atoms with Crippen molar-refractivity contribution in [2.75, 3.05) is 22.6 Å². The summed E-state index contributed by atoms with van der Waals surface area (Å²) in [7, 11) is 1.91. The van der Waals surface area contributed by atoms with E-state index in [1.807, 2.05) is 42.7 Å². The number of fused-ring (bicyclic) bond motifs is 1. The first-order valence-corrected chi connectivity index (χ1v) is 9.45. The Bertz CT molecular complexity index is 1050. The maximum absolute atomic E-state index is 13.0. The Morgan fingerprint density at radius 1 is 1.24 bits per heavy atom. The second-order valence-corrected chi connectivity index (χ2v) is 7.29. The Morgan fingerprint density at radius 3 is 2.76 bits per heavy atom. The van der Waals surface area contributed by atoms with Crippen LogP contribution in [-0.2, 0) is 17.9 Å². The third-order valence-electron chi connectivity index (χ3n) is 5.19. The summed E-state index contributed by atoms with van der Waals surface area (Å²) >= 11 is 0. The third kappa shape index (κ3) is 3.91. The van der Waals surface area contributed by atoms with Crippen molar-refractivity contribution in [2.45, 2.75) is 33.0 Å². The van der Waals surface area contributed by atoms with E-state index in [4.69, 9.17) is 0 Å². The molecule has 3 aromatic rings. The molecule has 0 radical (unpaired) electrons. The molecule has 7 nitrogen and oxygen atoms in total. The number of nitrogens with one attached hydrogen (secondary N) is 2. The molecule has 0 unspecified atom stereocenters. The van der Waals surface area contributed by atoms with Gasteiger partial charge in [0.2, 0.25) is 5.91 Å². The van der Waals surface area contributed by atoms with E-state index in [-0.39, 0.29) is 17.8 Å². The fraction of sp³-hybridized carbons (Fsp3) is 0.286. The summed E-state index contributed by atoms with van der Waals surface area (Å²) in [4.78, 5) is 18.6. The van der Waals surface area contributed by atoms with Crippen LogP contribution in [0.3, 0.4) is 0 Å². The third-order valence-corrected chi connectivity index (χ3v) is 5.19. The number of anilines is 3. The van der Waals surface area contributed by atoms with Crippen molar-refractivity contribution in [3.63, 3.8) is 0 Å². The fourth-order valence-corrected chi connectivity index (χ4v) is 3.34. The number of aryl methyl sites for hydroxylation is 1. The van der Waals surface area contributed by atoms with Crippen LogP contribution < -0.4 is 15.5 Å². The van der Waals surface area contributed by atoms with Crippen molar-refractivity contribution in [2.24, 2.45) is 0 Å². The fourth-order valence-electron chi connectivity index (χ4n) is 3.34. The summed E-state index contributed by atoms with van der Waals surface area (Å²) in [6.45, 7) is 4.91. The maximum Gasteiger partial charge on any atom is 0.246 e. The molecule has 29 heavy (non-hydrogen) atoms. The zero-order valence-electron chi connectivity index (χ0n) is 16.6. The van der Waals surface area contributed by atoms with Crippen LogP contribution in [0, 0.1) is 12.7 Å². The largest absolute Gasteiger partial charge is 0.366 e. The van der Waals surface area contributed by atoms with Crippen molar-refractivity contribution in [1.82, 2.24) is 14.8 Å². The predicted molar refractivity (Wildman–Crippen MR) is 111 cm³/mol. The number of nitrogens with zero attached hydrogens (tertiary/aromatic N) is 4. The molecular weight excluding hydrogens is 371 g/mol. The second-order valence-electron chi connectivity index (χ2n) is 7.29. The zero-order valence-corrected chi connectivity index (χ0v) is 16.6. The minimum absolute atomic E-state index is 0.0285. The molecule has 0 aliphatic carbocycles. The van der Waals surface area contributed by atoms with Crippen LogP contribution in [0.1, 0.15) is 23.7 Å². The van der Waals surface area contributed by atoms with E-state index in [1.165, 1.54) is 12.1 Å². The van der Waals surface area contributed by atoms with Gasteiger partial charge in [-0.05, 0) is 31.5 Å². The highest BCUT2D eigenvalue weighted by atomic mass is 19.1. The average molecular weight is 394 g/mol.